The van der Waals surface area contributed by atoms with Gasteiger partial charge >= 0.3 is 5.97 Å². The van der Waals surface area contributed by atoms with E-state index in [1.807, 2.05) is 17.9 Å². The van der Waals surface area contributed by atoms with Crippen molar-refractivity contribution in [1.29, 1.82) is 0 Å². The standard InChI is InChI=1S/C20H19Cl2NO3/c1-12-17-10-14(21)11-18(22)16(17)8-9-23(12)19(24)7-6-13-4-2-3-5-15(13)20(25)26/h2-5,10-12H,6-9H2,1H3,(H,25,26). The van der Waals surface area contributed by atoms with Gasteiger partial charge in [0.1, 0.15) is 0 Å². The fourth-order valence-electron chi connectivity index (χ4n) is 3.53. The normalized spacial score (nSPS) is 16.3. The van der Waals surface area contributed by atoms with Gasteiger partial charge < -0.3 is 10.0 Å². The van der Waals surface area contributed by atoms with Crippen molar-refractivity contribution in [2.45, 2.75) is 32.2 Å². The largest absolute Gasteiger partial charge is 0.478 e. The van der Waals surface area contributed by atoms with Crippen LogP contribution in [0.1, 0.15) is 46.4 Å². The van der Waals surface area contributed by atoms with Gasteiger partial charge in [0.25, 0.3) is 0 Å². The Kier molecular flexibility index (Phi) is 5.54. The van der Waals surface area contributed by atoms with Crippen molar-refractivity contribution >= 4 is 35.1 Å². The molecule has 1 aliphatic rings. The number of halogens is 2. The molecule has 2 aromatic rings. The van der Waals surface area contributed by atoms with E-state index in [2.05, 4.69) is 0 Å². The molecule has 4 nitrogen and oxygen atoms in total. The molecule has 3 rings (SSSR count). The zero-order chi connectivity index (χ0) is 18.8. The quantitative estimate of drug-likeness (QED) is 0.816. The molecule has 136 valence electrons. The molecule has 0 saturated heterocycles. The molecule has 0 saturated carbocycles. The number of amides is 1. The first-order valence-corrected chi connectivity index (χ1v) is 9.22. The van der Waals surface area contributed by atoms with Crippen LogP contribution < -0.4 is 0 Å². The van der Waals surface area contributed by atoms with Crippen molar-refractivity contribution in [2.75, 3.05) is 6.54 Å². The van der Waals surface area contributed by atoms with Gasteiger partial charge in [-0.05, 0) is 54.7 Å². The lowest BCUT2D eigenvalue weighted by Crippen LogP contribution is -2.39. The van der Waals surface area contributed by atoms with Crippen LogP contribution in [0.25, 0.3) is 0 Å². The van der Waals surface area contributed by atoms with Crippen LogP contribution in [0.3, 0.4) is 0 Å². The highest BCUT2D eigenvalue weighted by Gasteiger charge is 2.29. The van der Waals surface area contributed by atoms with Crippen molar-refractivity contribution < 1.29 is 14.7 Å². The van der Waals surface area contributed by atoms with Gasteiger partial charge in [0, 0.05) is 23.0 Å². The average molecular weight is 392 g/mol. The van der Waals surface area contributed by atoms with Gasteiger partial charge in [-0.1, -0.05) is 41.4 Å². The third-order valence-electron chi connectivity index (χ3n) is 4.89. The van der Waals surface area contributed by atoms with Crippen LogP contribution >= 0.6 is 23.2 Å². The second-order valence-electron chi connectivity index (χ2n) is 6.43. The van der Waals surface area contributed by atoms with Crippen LogP contribution in [0.4, 0.5) is 0 Å². The number of aryl methyl sites for hydroxylation is 1. The third-order valence-corrected chi connectivity index (χ3v) is 5.45. The molecular weight excluding hydrogens is 373 g/mol. The molecule has 0 fully saturated rings. The first kappa shape index (κ1) is 18.7. The number of benzene rings is 2. The van der Waals surface area contributed by atoms with E-state index in [0.29, 0.717) is 35.0 Å². The fraction of sp³-hybridized carbons (Fsp3) is 0.300. The molecule has 0 radical (unpaired) electrons. The zero-order valence-electron chi connectivity index (χ0n) is 14.3. The fourth-order valence-corrected chi connectivity index (χ4v) is 4.13. The van der Waals surface area contributed by atoms with Crippen LogP contribution in [0.5, 0.6) is 0 Å². The summed E-state index contributed by atoms with van der Waals surface area (Å²) in [5.41, 5.74) is 2.94. The first-order chi connectivity index (χ1) is 12.4. The Morgan fingerprint density at radius 2 is 1.96 bits per heavy atom. The highest BCUT2D eigenvalue weighted by Crippen LogP contribution is 2.36. The minimum Gasteiger partial charge on any atom is -0.478 e. The Morgan fingerprint density at radius 3 is 2.69 bits per heavy atom. The van der Waals surface area contributed by atoms with Crippen LogP contribution in [0.2, 0.25) is 10.0 Å². The lowest BCUT2D eigenvalue weighted by Gasteiger charge is -2.36. The third kappa shape index (κ3) is 3.71. The van der Waals surface area contributed by atoms with Crippen LogP contribution in [0, 0.1) is 0 Å². The maximum atomic E-state index is 12.8. The van der Waals surface area contributed by atoms with Gasteiger partial charge in [0.05, 0.1) is 11.6 Å². The Bertz CT molecular complexity index is 866. The molecule has 1 unspecified atom stereocenters. The zero-order valence-corrected chi connectivity index (χ0v) is 15.8. The average Bonchev–Trinajstić information content (AvgIpc) is 2.60. The predicted molar refractivity (Wildman–Crippen MR) is 102 cm³/mol. The van der Waals surface area contributed by atoms with E-state index in [9.17, 15) is 14.7 Å². The molecule has 1 atom stereocenters. The molecule has 2 aromatic carbocycles. The number of fused-ring (bicyclic) bond motifs is 1. The van der Waals surface area contributed by atoms with E-state index in [4.69, 9.17) is 23.2 Å². The second-order valence-corrected chi connectivity index (χ2v) is 7.27. The molecule has 26 heavy (non-hydrogen) atoms. The summed E-state index contributed by atoms with van der Waals surface area (Å²) in [7, 11) is 0. The topological polar surface area (TPSA) is 57.6 Å². The minimum absolute atomic E-state index is 0.000519. The summed E-state index contributed by atoms with van der Waals surface area (Å²) in [4.78, 5) is 25.9. The van der Waals surface area contributed by atoms with Crippen molar-refractivity contribution in [1.82, 2.24) is 4.90 Å². The van der Waals surface area contributed by atoms with E-state index in [0.717, 1.165) is 11.1 Å². The Labute approximate surface area is 162 Å². The number of carbonyl (C=O) groups excluding carboxylic acids is 1. The summed E-state index contributed by atoms with van der Waals surface area (Å²) in [6.07, 6.45) is 1.35. The molecule has 0 aromatic heterocycles. The van der Waals surface area contributed by atoms with E-state index in [-0.39, 0.29) is 23.9 Å². The maximum absolute atomic E-state index is 12.8. The first-order valence-electron chi connectivity index (χ1n) is 8.47. The second kappa shape index (κ2) is 7.68. The van der Waals surface area contributed by atoms with Gasteiger partial charge in [-0.25, -0.2) is 4.79 Å². The molecule has 6 heteroatoms. The molecular formula is C20H19Cl2NO3. The summed E-state index contributed by atoms with van der Waals surface area (Å²) in [6.45, 7) is 2.56. The highest BCUT2D eigenvalue weighted by molar-refractivity contribution is 6.35. The Morgan fingerprint density at radius 1 is 1.23 bits per heavy atom. The van der Waals surface area contributed by atoms with Crippen molar-refractivity contribution in [3.05, 3.63) is 68.7 Å². The minimum atomic E-state index is -0.974. The monoisotopic (exact) mass is 391 g/mol. The molecule has 0 spiro atoms. The van der Waals surface area contributed by atoms with Gasteiger partial charge in [-0.3, -0.25) is 4.79 Å². The summed E-state index contributed by atoms with van der Waals surface area (Å²) in [5.74, 6) is -0.975. The molecule has 0 aliphatic carbocycles. The van der Waals surface area contributed by atoms with E-state index < -0.39 is 5.97 Å². The number of carboxylic acid groups (broad SMARTS) is 1. The van der Waals surface area contributed by atoms with E-state index in [1.54, 1.807) is 30.3 Å². The van der Waals surface area contributed by atoms with Crippen molar-refractivity contribution in [3.8, 4) is 0 Å². The van der Waals surface area contributed by atoms with Crippen LogP contribution in [0.15, 0.2) is 36.4 Å². The van der Waals surface area contributed by atoms with Crippen LogP contribution in [-0.4, -0.2) is 28.4 Å². The summed E-state index contributed by atoms with van der Waals surface area (Å²) in [5, 5.41) is 10.5. The number of aromatic carboxylic acids is 1. The number of carbonyl (C=O) groups is 2. The van der Waals surface area contributed by atoms with E-state index in [1.165, 1.54) is 0 Å². The number of hydrogen-bond acceptors (Lipinski definition) is 2. The Balaban J connectivity index is 1.74. The number of carboxylic acids is 1. The summed E-state index contributed by atoms with van der Waals surface area (Å²) >= 11 is 12.4. The Hall–Kier alpha value is -2.04. The van der Waals surface area contributed by atoms with Gasteiger partial charge in [-0.2, -0.15) is 0 Å². The number of nitrogens with zero attached hydrogens (tertiary/aromatic N) is 1. The molecule has 1 aliphatic heterocycles. The molecule has 1 heterocycles. The molecule has 1 N–H and O–H groups in total. The van der Waals surface area contributed by atoms with Crippen LogP contribution in [-0.2, 0) is 17.6 Å². The SMILES string of the molecule is CC1c2cc(Cl)cc(Cl)c2CCN1C(=O)CCc1ccccc1C(=O)O. The summed E-state index contributed by atoms with van der Waals surface area (Å²) < 4.78 is 0. The summed E-state index contributed by atoms with van der Waals surface area (Å²) in [6, 6.07) is 10.3. The maximum Gasteiger partial charge on any atom is 0.335 e. The molecule has 1 amide bonds. The lowest BCUT2D eigenvalue weighted by molar-refractivity contribution is -0.133. The van der Waals surface area contributed by atoms with Gasteiger partial charge in [0.2, 0.25) is 5.91 Å². The number of hydrogen-bond donors (Lipinski definition) is 1. The lowest BCUT2D eigenvalue weighted by atomic mass is 9.93. The molecule has 0 bridgehead atoms. The van der Waals surface area contributed by atoms with Crippen molar-refractivity contribution in [3.63, 3.8) is 0 Å². The number of rotatable bonds is 4. The van der Waals surface area contributed by atoms with E-state index >= 15 is 0 Å². The van der Waals surface area contributed by atoms with Gasteiger partial charge in [0.15, 0.2) is 0 Å². The smallest absolute Gasteiger partial charge is 0.335 e. The van der Waals surface area contributed by atoms with Crippen molar-refractivity contribution in [2.24, 2.45) is 0 Å². The highest BCUT2D eigenvalue weighted by atomic mass is 35.5. The van der Waals surface area contributed by atoms with Gasteiger partial charge in [-0.15, -0.1) is 0 Å². The predicted octanol–water partition coefficient (Wildman–Crippen LogP) is 4.77.